The zero-order chi connectivity index (χ0) is 56.0. The second kappa shape index (κ2) is 23.9. The molecule has 2 saturated carbocycles. The number of esters is 1. The van der Waals surface area contributed by atoms with Crippen molar-refractivity contribution < 1.29 is 83.7 Å². The number of ketones is 1. The third-order valence-electron chi connectivity index (χ3n) is 19.8. The highest BCUT2D eigenvalue weighted by molar-refractivity contribution is 5.94. The van der Waals surface area contributed by atoms with E-state index in [-0.39, 0.29) is 59.4 Å². The van der Waals surface area contributed by atoms with E-state index in [1.54, 1.807) is 0 Å². The van der Waals surface area contributed by atoms with Crippen molar-refractivity contribution in [2.45, 2.75) is 240 Å². The molecule has 1 amide bonds. The standard InChI is InChI=1S/C56H96N2O17/c1-13-37(62)53(9,10)35-20-21-54(11)36(52(35,7)8)19-18-32-29(2)56(23-22-51(4,5)6,38(63)25-55(32,54)12)50(69)75-49-46(43(67)40(34(27-60)72-49)58-39(64)17-15-14-16-24-57)74-47-31(26-59)41(65)45(30(3)71-47)73-48-44(68)42(66)33(61)28-70-48/h18,29-31,33-38,40-42,44-49,59-63,65-66,68H,13-17,19-28,57H2,1-12H3,(H,58,64). The number of aliphatic hydroxyl groups is 8. The van der Waals surface area contributed by atoms with Crippen molar-refractivity contribution in [2.24, 2.45) is 61.9 Å². The summed E-state index contributed by atoms with van der Waals surface area (Å²) in [6, 6.07) is -1.51. The second-order valence-corrected chi connectivity index (χ2v) is 26.0. The van der Waals surface area contributed by atoms with Crippen LogP contribution in [0.25, 0.3) is 0 Å². The highest BCUT2D eigenvalue weighted by Crippen LogP contribution is 2.73. The van der Waals surface area contributed by atoms with E-state index in [1.807, 2.05) is 13.8 Å². The van der Waals surface area contributed by atoms with Crippen molar-refractivity contribution in [3.8, 4) is 0 Å². The topological polar surface area (TPSA) is 306 Å². The lowest BCUT2D eigenvalue weighted by Gasteiger charge is -2.69. The lowest BCUT2D eigenvalue weighted by Crippen LogP contribution is -2.67. The molecule has 6 rings (SSSR count). The summed E-state index contributed by atoms with van der Waals surface area (Å²) < 4.78 is 36.7. The number of unbranched alkanes of at least 4 members (excludes halogenated alkanes) is 2. The van der Waals surface area contributed by atoms with Gasteiger partial charge in [-0.2, -0.15) is 0 Å². The summed E-state index contributed by atoms with van der Waals surface area (Å²) in [5, 5.41) is 91.3. The predicted octanol–water partition coefficient (Wildman–Crippen LogP) is 3.15. The number of fused-ring (bicyclic) bond motifs is 3. The molecule has 0 spiro atoms. The average molecular weight is 1070 g/mol. The van der Waals surface area contributed by atoms with Crippen molar-refractivity contribution >= 4 is 17.7 Å². The highest BCUT2D eigenvalue weighted by atomic mass is 16.8. The van der Waals surface area contributed by atoms with E-state index in [2.05, 4.69) is 73.7 Å². The van der Waals surface area contributed by atoms with Crippen LogP contribution in [0.4, 0.5) is 0 Å². The number of Topliss-reactive ketones (excluding diaryl/α,β-unsaturated/α-hetero) is 1. The van der Waals surface area contributed by atoms with Crippen LogP contribution in [0.5, 0.6) is 0 Å². The molecule has 21 unspecified atom stereocenters. The van der Waals surface area contributed by atoms with Gasteiger partial charge in [-0.25, -0.2) is 0 Å². The molecule has 6 aliphatic rings. The van der Waals surface area contributed by atoms with Crippen molar-refractivity contribution in [3.63, 3.8) is 0 Å². The molecule has 21 atom stereocenters. The fourth-order valence-corrected chi connectivity index (χ4v) is 14.9. The number of ether oxygens (including phenoxy) is 6. The maximum atomic E-state index is 15.7. The zero-order valence-corrected chi connectivity index (χ0v) is 46.9. The van der Waals surface area contributed by atoms with Crippen LogP contribution in [-0.4, -0.2) is 171 Å². The minimum absolute atomic E-state index is 0.0311. The molecule has 11 N–H and O–H groups in total. The Bertz CT molecular complexity index is 2000. The van der Waals surface area contributed by atoms with Crippen LogP contribution in [0.15, 0.2) is 11.6 Å². The number of carbonyl (C=O) groups is 3. The number of allylic oxidation sites excluding steroid dienone is 2. The fraction of sp³-hybridized carbons (Fsp3) is 0.911. The van der Waals surface area contributed by atoms with E-state index in [0.29, 0.717) is 38.6 Å². The van der Waals surface area contributed by atoms with E-state index >= 15 is 4.79 Å². The number of rotatable bonds is 19. The Morgan fingerprint density at radius 1 is 0.907 bits per heavy atom. The van der Waals surface area contributed by atoms with E-state index in [4.69, 9.17) is 34.2 Å². The van der Waals surface area contributed by atoms with Gasteiger partial charge in [0, 0.05) is 6.42 Å². The number of carbonyl (C=O) groups excluding carboxylic acids is 3. The van der Waals surface area contributed by atoms with E-state index in [9.17, 15) is 50.4 Å². The maximum absolute atomic E-state index is 15.7. The van der Waals surface area contributed by atoms with Gasteiger partial charge in [-0.3, -0.25) is 14.4 Å². The van der Waals surface area contributed by atoms with E-state index in [1.165, 1.54) is 6.92 Å². The summed E-state index contributed by atoms with van der Waals surface area (Å²) in [6.45, 7) is 23.7. The predicted molar refractivity (Wildman–Crippen MR) is 275 cm³/mol. The van der Waals surface area contributed by atoms with Gasteiger partial charge < -0.3 is 80.3 Å². The van der Waals surface area contributed by atoms with E-state index < -0.39 is 139 Å². The number of hydrogen-bond donors (Lipinski definition) is 10. The lowest BCUT2D eigenvalue weighted by atomic mass is 9.35. The van der Waals surface area contributed by atoms with Crippen LogP contribution < -0.4 is 11.1 Å². The molecule has 19 nitrogen and oxygen atoms in total. The number of amides is 1. The molecule has 3 aliphatic heterocycles. The summed E-state index contributed by atoms with van der Waals surface area (Å²) in [5.74, 6) is -3.76. The summed E-state index contributed by atoms with van der Waals surface area (Å²) >= 11 is 0. The fourth-order valence-electron chi connectivity index (χ4n) is 14.9. The zero-order valence-electron chi connectivity index (χ0n) is 46.9. The van der Waals surface area contributed by atoms with Crippen LogP contribution in [0.1, 0.15) is 154 Å². The monoisotopic (exact) mass is 1070 g/mol. The number of nitrogens with one attached hydrogen (secondary N) is 1. The molecule has 3 saturated heterocycles. The molecule has 75 heavy (non-hydrogen) atoms. The van der Waals surface area contributed by atoms with Gasteiger partial charge in [-0.05, 0) is 116 Å². The third-order valence-corrected chi connectivity index (χ3v) is 19.8. The van der Waals surface area contributed by atoms with Gasteiger partial charge in [0.2, 0.25) is 12.2 Å². The van der Waals surface area contributed by atoms with Gasteiger partial charge in [-0.1, -0.05) is 94.2 Å². The van der Waals surface area contributed by atoms with Gasteiger partial charge >= 0.3 is 5.97 Å². The largest absolute Gasteiger partial charge is 0.432 e. The SMILES string of the molecule is CCC(O)C(C)(C)C1CCC2(C)C(CC=C3C(C)C(CCC(C)(C)C)(C(=O)OC4OC(CO)C(NC(=O)CCCCCN)C(=O)C4OC4OC(C)C(OC5OCC(O)C(O)C5O)C(O)C4CO)C(O)CC32C)C1(C)C. The summed E-state index contributed by atoms with van der Waals surface area (Å²) in [4.78, 5) is 44.1. The first kappa shape index (κ1) is 62.0. The third kappa shape index (κ3) is 11.7. The minimum atomic E-state index is -1.90. The highest BCUT2D eigenvalue weighted by Gasteiger charge is 2.69. The molecule has 0 aromatic rings. The van der Waals surface area contributed by atoms with Gasteiger partial charge in [0.15, 0.2) is 24.5 Å². The van der Waals surface area contributed by atoms with Crippen LogP contribution in [0, 0.1) is 56.2 Å². The molecular formula is C56H96N2O17. The summed E-state index contributed by atoms with van der Waals surface area (Å²) in [5.41, 5.74) is 3.41. The first-order chi connectivity index (χ1) is 34.9. The van der Waals surface area contributed by atoms with Gasteiger partial charge in [0.05, 0.1) is 50.2 Å². The van der Waals surface area contributed by atoms with Gasteiger partial charge in [-0.15, -0.1) is 0 Å². The molecule has 432 valence electrons. The molecule has 0 bridgehead atoms. The normalized spacial score (nSPS) is 42.7. The van der Waals surface area contributed by atoms with Gasteiger partial charge in [0.25, 0.3) is 0 Å². The average Bonchev–Trinajstić information content (AvgIpc) is 3.33. The quantitative estimate of drug-likeness (QED) is 0.0505. The van der Waals surface area contributed by atoms with Crippen molar-refractivity contribution in [1.82, 2.24) is 5.32 Å². The lowest BCUT2D eigenvalue weighted by molar-refractivity contribution is -0.351. The molecule has 19 heteroatoms. The first-order valence-electron chi connectivity index (χ1n) is 27.9. The number of nitrogens with two attached hydrogens (primary N) is 1. The molecule has 5 fully saturated rings. The Kier molecular flexibility index (Phi) is 19.7. The van der Waals surface area contributed by atoms with Crippen LogP contribution in [-0.2, 0) is 42.8 Å². The second-order valence-electron chi connectivity index (χ2n) is 26.0. The first-order valence-corrected chi connectivity index (χ1v) is 27.9. The minimum Gasteiger partial charge on any atom is -0.432 e. The Morgan fingerprint density at radius 2 is 1.59 bits per heavy atom. The van der Waals surface area contributed by atoms with Crippen LogP contribution >= 0.6 is 0 Å². The van der Waals surface area contributed by atoms with Crippen LogP contribution in [0.3, 0.4) is 0 Å². The Morgan fingerprint density at radius 3 is 2.20 bits per heavy atom. The summed E-state index contributed by atoms with van der Waals surface area (Å²) in [7, 11) is 0. The van der Waals surface area contributed by atoms with E-state index in [0.717, 1.165) is 24.8 Å². The maximum Gasteiger partial charge on any atom is 0.317 e. The van der Waals surface area contributed by atoms with Crippen LogP contribution in [0.2, 0.25) is 0 Å². The number of hydrogen-bond acceptors (Lipinski definition) is 18. The van der Waals surface area contributed by atoms with Crippen molar-refractivity contribution in [1.29, 1.82) is 0 Å². The Balaban J connectivity index is 1.35. The molecule has 0 radical (unpaired) electrons. The molecule has 0 aromatic carbocycles. The molecular weight excluding hydrogens is 973 g/mol. The molecule has 3 heterocycles. The van der Waals surface area contributed by atoms with Crippen molar-refractivity contribution in [2.75, 3.05) is 26.4 Å². The van der Waals surface area contributed by atoms with Gasteiger partial charge in [0.1, 0.15) is 42.0 Å². The summed E-state index contributed by atoms with van der Waals surface area (Å²) in [6.07, 6.45) is -10.7. The van der Waals surface area contributed by atoms with Crippen molar-refractivity contribution in [3.05, 3.63) is 11.6 Å². The smallest absolute Gasteiger partial charge is 0.317 e. The Hall–Kier alpha value is -2.21. The molecule has 3 aliphatic carbocycles. The number of aliphatic hydroxyl groups excluding tert-OH is 8. The Labute approximate surface area is 444 Å². The molecule has 0 aromatic heterocycles.